The first kappa shape index (κ1) is 17.2. The number of carbonyl (C=O) groups is 1. The van der Waals surface area contributed by atoms with Gasteiger partial charge in [-0.05, 0) is 37.7 Å². The lowest BCUT2D eigenvalue weighted by atomic mass is 9.82. The Morgan fingerprint density at radius 3 is 2.30 bits per heavy atom. The normalized spacial score (nSPS) is 12.2. The second-order valence-corrected chi connectivity index (χ2v) is 7.42. The van der Waals surface area contributed by atoms with Gasteiger partial charge in [0.2, 0.25) is 5.91 Å². The van der Waals surface area contributed by atoms with Crippen molar-refractivity contribution in [2.24, 2.45) is 5.41 Å². The van der Waals surface area contributed by atoms with Gasteiger partial charge in [-0.2, -0.15) is 0 Å². The van der Waals surface area contributed by atoms with Crippen LogP contribution in [0.15, 0.2) is 30.3 Å². The average Bonchev–Trinajstić information content (AvgIpc) is 2.43. The molecule has 0 fully saturated rings. The number of hydrogen-bond donors (Lipinski definition) is 1. The molecule has 0 heterocycles. The standard InChI is InChI=1S/C17H26BrNO/c1-16(2,11-8-12-18)13-19-15(20)17(3,4)14-9-6-5-7-10-14/h5-7,9-10H,8,11-13H2,1-4H3,(H,19,20). The van der Waals surface area contributed by atoms with Crippen LogP contribution < -0.4 is 5.32 Å². The van der Waals surface area contributed by atoms with E-state index in [9.17, 15) is 4.79 Å². The van der Waals surface area contributed by atoms with E-state index in [1.165, 1.54) is 0 Å². The van der Waals surface area contributed by atoms with Crippen molar-refractivity contribution in [3.05, 3.63) is 35.9 Å². The predicted molar refractivity (Wildman–Crippen MR) is 89.3 cm³/mol. The molecule has 0 aliphatic rings. The molecule has 2 nitrogen and oxygen atoms in total. The quantitative estimate of drug-likeness (QED) is 0.738. The lowest BCUT2D eigenvalue weighted by Crippen LogP contribution is -2.43. The number of hydrogen-bond acceptors (Lipinski definition) is 1. The molecule has 0 radical (unpaired) electrons. The lowest BCUT2D eigenvalue weighted by Gasteiger charge is -2.29. The van der Waals surface area contributed by atoms with Crippen LogP contribution in [-0.2, 0) is 10.2 Å². The average molecular weight is 340 g/mol. The minimum absolute atomic E-state index is 0.0932. The van der Waals surface area contributed by atoms with E-state index in [0.29, 0.717) is 0 Å². The molecule has 0 bridgehead atoms. The van der Waals surface area contributed by atoms with Crippen molar-refractivity contribution >= 4 is 21.8 Å². The Morgan fingerprint density at radius 2 is 1.75 bits per heavy atom. The third-order valence-corrected chi connectivity index (χ3v) is 4.34. The molecule has 0 saturated carbocycles. The maximum absolute atomic E-state index is 12.5. The molecule has 0 aliphatic carbocycles. The first-order chi connectivity index (χ1) is 9.29. The molecule has 1 aromatic rings. The van der Waals surface area contributed by atoms with Crippen molar-refractivity contribution in [3.8, 4) is 0 Å². The van der Waals surface area contributed by atoms with E-state index < -0.39 is 5.41 Å². The molecule has 20 heavy (non-hydrogen) atoms. The van der Waals surface area contributed by atoms with Crippen LogP contribution in [0.3, 0.4) is 0 Å². The summed E-state index contributed by atoms with van der Waals surface area (Å²) < 4.78 is 0. The minimum atomic E-state index is -0.493. The molecule has 112 valence electrons. The number of alkyl halides is 1. The van der Waals surface area contributed by atoms with Crippen molar-refractivity contribution in [1.82, 2.24) is 5.32 Å². The topological polar surface area (TPSA) is 29.1 Å². The van der Waals surface area contributed by atoms with Gasteiger partial charge in [-0.25, -0.2) is 0 Å². The van der Waals surface area contributed by atoms with Gasteiger partial charge < -0.3 is 5.32 Å². The van der Waals surface area contributed by atoms with Gasteiger partial charge in [0.25, 0.3) is 0 Å². The number of nitrogens with one attached hydrogen (secondary N) is 1. The summed E-state index contributed by atoms with van der Waals surface area (Å²) in [6, 6.07) is 9.95. The molecule has 0 spiro atoms. The Labute approximate surface area is 131 Å². The SMILES string of the molecule is CC(C)(CCCBr)CNC(=O)C(C)(C)c1ccccc1. The van der Waals surface area contributed by atoms with E-state index in [2.05, 4.69) is 35.1 Å². The van der Waals surface area contributed by atoms with Gasteiger partial charge >= 0.3 is 0 Å². The first-order valence-corrected chi connectivity index (χ1v) is 8.31. The minimum Gasteiger partial charge on any atom is -0.355 e. The summed E-state index contributed by atoms with van der Waals surface area (Å²) in [7, 11) is 0. The maximum Gasteiger partial charge on any atom is 0.230 e. The van der Waals surface area contributed by atoms with Crippen LogP contribution in [0.4, 0.5) is 0 Å². The largest absolute Gasteiger partial charge is 0.355 e. The van der Waals surface area contributed by atoms with E-state index >= 15 is 0 Å². The van der Waals surface area contributed by atoms with Crippen LogP contribution in [0.1, 0.15) is 46.1 Å². The van der Waals surface area contributed by atoms with E-state index in [1.807, 2.05) is 44.2 Å². The van der Waals surface area contributed by atoms with E-state index in [1.54, 1.807) is 0 Å². The highest BCUT2D eigenvalue weighted by molar-refractivity contribution is 9.09. The van der Waals surface area contributed by atoms with Crippen LogP contribution in [0.5, 0.6) is 0 Å². The fraction of sp³-hybridized carbons (Fsp3) is 0.588. The van der Waals surface area contributed by atoms with Gasteiger partial charge in [0.15, 0.2) is 0 Å². The van der Waals surface area contributed by atoms with Crippen molar-refractivity contribution in [1.29, 1.82) is 0 Å². The number of amides is 1. The Balaban J connectivity index is 2.62. The lowest BCUT2D eigenvalue weighted by molar-refractivity contribution is -0.126. The molecule has 0 aliphatic heterocycles. The number of halogens is 1. The third kappa shape index (κ3) is 4.93. The van der Waals surface area contributed by atoms with Gasteiger partial charge in [0.1, 0.15) is 0 Å². The van der Waals surface area contributed by atoms with Crippen LogP contribution >= 0.6 is 15.9 Å². The molecular weight excluding hydrogens is 314 g/mol. The highest BCUT2D eigenvalue weighted by Crippen LogP contribution is 2.25. The van der Waals surface area contributed by atoms with Crippen LogP contribution in [0.2, 0.25) is 0 Å². The van der Waals surface area contributed by atoms with Crippen molar-refractivity contribution < 1.29 is 4.79 Å². The highest BCUT2D eigenvalue weighted by atomic mass is 79.9. The van der Waals surface area contributed by atoms with Crippen molar-refractivity contribution in [2.45, 2.75) is 46.0 Å². The summed E-state index contributed by atoms with van der Waals surface area (Å²) >= 11 is 3.46. The number of rotatable bonds is 7. The Hall–Kier alpha value is -0.830. The molecule has 0 unspecified atom stereocenters. The molecule has 1 rings (SSSR count). The van der Waals surface area contributed by atoms with Gasteiger partial charge in [0.05, 0.1) is 5.41 Å². The molecular formula is C17H26BrNO. The molecule has 0 atom stereocenters. The molecule has 1 aromatic carbocycles. The zero-order chi connectivity index (χ0) is 15.2. The molecule has 1 N–H and O–H groups in total. The summed E-state index contributed by atoms with van der Waals surface area (Å²) in [5.74, 6) is 0.0932. The fourth-order valence-corrected chi connectivity index (χ4v) is 2.44. The summed E-state index contributed by atoms with van der Waals surface area (Å²) in [6.45, 7) is 9.07. The third-order valence-electron chi connectivity index (χ3n) is 3.78. The number of carbonyl (C=O) groups excluding carboxylic acids is 1. The van der Waals surface area contributed by atoms with E-state index in [-0.39, 0.29) is 11.3 Å². The molecule has 3 heteroatoms. The van der Waals surface area contributed by atoms with Gasteiger partial charge in [-0.15, -0.1) is 0 Å². The zero-order valence-electron chi connectivity index (χ0n) is 13.0. The summed E-state index contributed by atoms with van der Waals surface area (Å²) in [5.41, 5.74) is 0.693. The molecule has 0 aromatic heterocycles. The predicted octanol–water partition coefficient (Wildman–Crippen LogP) is 4.28. The van der Waals surface area contributed by atoms with Gasteiger partial charge in [-0.3, -0.25) is 4.79 Å². The van der Waals surface area contributed by atoms with Crippen molar-refractivity contribution in [3.63, 3.8) is 0 Å². The molecule has 0 saturated heterocycles. The second kappa shape index (κ2) is 7.26. The highest BCUT2D eigenvalue weighted by Gasteiger charge is 2.30. The second-order valence-electron chi connectivity index (χ2n) is 6.63. The van der Waals surface area contributed by atoms with Crippen LogP contribution in [0.25, 0.3) is 0 Å². The van der Waals surface area contributed by atoms with E-state index in [0.717, 1.165) is 30.3 Å². The summed E-state index contributed by atoms with van der Waals surface area (Å²) in [6.07, 6.45) is 2.23. The van der Waals surface area contributed by atoms with Crippen LogP contribution in [0, 0.1) is 5.41 Å². The molecule has 1 amide bonds. The maximum atomic E-state index is 12.5. The zero-order valence-corrected chi connectivity index (χ0v) is 14.6. The first-order valence-electron chi connectivity index (χ1n) is 7.19. The van der Waals surface area contributed by atoms with Gasteiger partial charge in [0, 0.05) is 11.9 Å². The monoisotopic (exact) mass is 339 g/mol. The Bertz CT molecular complexity index is 426. The van der Waals surface area contributed by atoms with Gasteiger partial charge in [-0.1, -0.05) is 60.1 Å². The Kier molecular flexibility index (Phi) is 6.25. The summed E-state index contributed by atoms with van der Waals surface area (Å²) in [5, 5.41) is 4.13. The smallest absolute Gasteiger partial charge is 0.230 e. The Morgan fingerprint density at radius 1 is 1.15 bits per heavy atom. The van der Waals surface area contributed by atoms with Crippen LogP contribution in [-0.4, -0.2) is 17.8 Å². The fourth-order valence-electron chi connectivity index (χ4n) is 2.16. The van der Waals surface area contributed by atoms with E-state index in [4.69, 9.17) is 0 Å². The summed E-state index contributed by atoms with van der Waals surface area (Å²) in [4.78, 5) is 12.5. The number of benzene rings is 1. The van der Waals surface area contributed by atoms with Crippen molar-refractivity contribution in [2.75, 3.05) is 11.9 Å².